The fourth-order valence-corrected chi connectivity index (χ4v) is 5.41. The molecule has 0 fully saturated rings. The van der Waals surface area contributed by atoms with Gasteiger partial charge >= 0.3 is 0 Å². The maximum atomic E-state index is 13.4. The molecule has 12 nitrogen and oxygen atoms in total. The number of benzene rings is 6. The van der Waals surface area contributed by atoms with Gasteiger partial charge in [-0.15, -0.1) is 0 Å². The van der Waals surface area contributed by atoms with Crippen molar-refractivity contribution in [2.45, 2.75) is 0 Å². The zero-order valence-corrected chi connectivity index (χ0v) is 25.6. The zero-order valence-electron chi connectivity index (χ0n) is 25.6. The van der Waals surface area contributed by atoms with Crippen molar-refractivity contribution in [2.24, 2.45) is 0 Å². The number of rotatable bonds is 10. The van der Waals surface area contributed by atoms with Crippen molar-refractivity contribution in [3.05, 3.63) is 164 Å². The molecular weight excluding hydrogens is 622 g/mol. The van der Waals surface area contributed by atoms with Crippen molar-refractivity contribution in [2.75, 3.05) is 21.3 Å². The maximum absolute atomic E-state index is 13.4. The number of aromatic nitrogens is 1. The summed E-state index contributed by atoms with van der Waals surface area (Å²) in [5, 5.41) is 36.2. The summed E-state index contributed by atoms with van der Waals surface area (Å²) in [6.45, 7) is 0. The first-order valence-electron chi connectivity index (χ1n) is 15.1. The van der Waals surface area contributed by atoms with E-state index in [1.807, 2.05) is 72.8 Å². The molecule has 0 atom stereocenters. The van der Waals surface area contributed by atoms with Crippen LogP contribution < -0.4 is 26.7 Å². The molecule has 1 aromatic heterocycles. The number of pyridine rings is 1. The second-order valence-corrected chi connectivity index (χ2v) is 11.2. The Bertz CT molecular complexity index is 2230. The van der Waals surface area contributed by atoms with E-state index in [0.29, 0.717) is 21.8 Å². The van der Waals surface area contributed by atoms with Crippen LogP contribution >= 0.6 is 0 Å². The molecule has 0 aliphatic heterocycles. The number of nitro benzene ring substituents is 2. The minimum Gasteiger partial charge on any atom is -0.356 e. The van der Waals surface area contributed by atoms with Crippen molar-refractivity contribution in [1.29, 1.82) is 0 Å². The second-order valence-electron chi connectivity index (χ2n) is 11.2. The van der Waals surface area contributed by atoms with Crippen molar-refractivity contribution < 1.29 is 9.85 Å². The molecule has 0 saturated carbocycles. The van der Waals surface area contributed by atoms with Gasteiger partial charge in [0, 0.05) is 80.5 Å². The molecule has 7 rings (SSSR count). The molecule has 49 heavy (non-hydrogen) atoms. The Morgan fingerprint density at radius 1 is 0.408 bits per heavy atom. The summed E-state index contributed by atoms with van der Waals surface area (Å²) in [6.07, 6.45) is 0. The van der Waals surface area contributed by atoms with Crippen LogP contribution in [0.1, 0.15) is 0 Å². The van der Waals surface area contributed by atoms with Gasteiger partial charge in [0.25, 0.3) is 11.4 Å². The van der Waals surface area contributed by atoms with Crippen molar-refractivity contribution in [3.8, 4) is 0 Å². The van der Waals surface area contributed by atoms with E-state index in [1.54, 1.807) is 36.4 Å². The lowest BCUT2D eigenvalue weighted by atomic mass is 10.1. The molecule has 0 spiro atoms. The number of nitro groups is 2. The van der Waals surface area contributed by atoms with Gasteiger partial charge in [0.15, 0.2) is 5.43 Å². The Labute approximate surface area is 278 Å². The van der Waals surface area contributed by atoms with Gasteiger partial charge in [-0.3, -0.25) is 25.0 Å². The van der Waals surface area contributed by atoms with E-state index >= 15 is 0 Å². The SMILES string of the molecule is O=c1c2ccc(Nc3ccc(Nc4ccc([N+](=O)[O-])cc4)cc3)cc2[nH]c2cc(Nc3ccc(Nc4ccc([N+](=O)[O-])cc4)cc3)ccc12. The van der Waals surface area contributed by atoms with Gasteiger partial charge < -0.3 is 26.3 Å². The zero-order chi connectivity index (χ0) is 33.9. The summed E-state index contributed by atoms with van der Waals surface area (Å²) in [6, 6.07) is 38.8. The number of anilines is 8. The minimum atomic E-state index is -0.431. The molecule has 240 valence electrons. The average Bonchev–Trinajstić information content (AvgIpc) is 3.10. The van der Waals surface area contributed by atoms with Crippen LogP contribution in [0.2, 0.25) is 0 Å². The molecule has 0 radical (unpaired) electrons. The molecule has 0 amide bonds. The van der Waals surface area contributed by atoms with Crippen LogP contribution in [-0.4, -0.2) is 14.8 Å². The minimum absolute atomic E-state index is 0.0341. The number of hydrogen-bond acceptors (Lipinski definition) is 9. The van der Waals surface area contributed by atoms with Gasteiger partial charge in [-0.05, 0) is 109 Å². The lowest BCUT2D eigenvalue weighted by Gasteiger charge is -2.12. The lowest BCUT2D eigenvalue weighted by molar-refractivity contribution is -0.385. The van der Waals surface area contributed by atoms with Crippen LogP contribution in [0.3, 0.4) is 0 Å². The summed E-state index contributed by atoms with van der Waals surface area (Å²) in [5.41, 5.74) is 7.81. The molecule has 1 heterocycles. The number of nitrogens with one attached hydrogen (secondary N) is 5. The highest BCUT2D eigenvalue weighted by Crippen LogP contribution is 2.28. The quantitative estimate of drug-likeness (QED) is 0.0550. The predicted octanol–water partition coefficient (Wildman–Crippen LogP) is 9.47. The largest absolute Gasteiger partial charge is 0.356 e. The van der Waals surface area contributed by atoms with E-state index in [2.05, 4.69) is 26.3 Å². The molecule has 0 bridgehead atoms. The summed E-state index contributed by atoms with van der Waals surface area (Å²) < 4.78 is 0. The van der Waals surface area contributed by atoms with E-state index in [1.165, 1.54) is 24.3 Å². The third-order valence-corrected chi connectivity index (χ3v) is 7.88. The van der Waals surface area contributed by atoms with Gasteiger partial charge in [0.05, 0.1) is 20.9 Å². The van der Waals surface area contributed by atoms with Gasteiger partial charge in [-0.25, -0.2) is 0 Å². The highest BCUT2D eigenvalue weighted by atomic mass is 16.6. The highest BCUT2D eigenvalue weighted by Gasteiger charge is 2.09. The number of hydrogen-bond donors (Lipinski definition) is 5. The van der Waals surface area contributed by atoms with Crippen LogP contribution in [0.4, 0.5) is 56.9 Å². The Morgan fingerprint density at radius 2 is 0.673 bits per heavy atom. The number of fused-ring (bicyclic) bond motifs is 2. The normalized spacial score (nSPS) is 10.9. The molecule has 0 unspecified atom stereocenters. The average molecular weight is 650 g/mol. The fourth-order valence-electron chi connectivity index (χ4n) is 5.41. The van der Waals surface area contributed by atoms with Crippen molar-refractivity contribution >= 4 is 78.7 Å². The third-order valence-electron chi connectivity index (χ3n) is 7.88. The first kappa shape index (κ1) is 30.4. The van der Waals surface area contributed by atoms with E-state index < -0.39 is 9.85 Å². The number of H-pyrrole nitrogens is 1. The summed E-state index contributed by atoms with van der Waals surface area (Å²) in [4.78, 5) is 37.7. The molecule has 6 aromatic carbocycles. The first-order chi connectivity index (χ1) is 23.8. The summed E-state index contributed by atoms with van der Waals surface area (Å²) >= 11 is 0. The lowest BCUT2D eigenvalue weighted by Crippen LogP contribution is -2.05. The second kappa shape index (κ2) is 12.9. The van der Waals surface area contributed by atoms with Crippen LogP contribution in [0.5, 0.6) is 0 Å². The molecule has 0 saturated heterocycles. The van der Waals surface area contributed by atoms with Crippen molar-refractivity contribution in [3.63, 3.8) is 0 Å². The third kappa shape index (κ3) is 6.83. The Morgan fingerprint density at radius 3 is 0.980 bits per heavy atom. The smallest absolute Gasteiger partial charge is 0.269 e. The Balaban J connectivity index is 1.04. The number of nitrogens with zero attached hydrogens (tertiary/aromatic N) is 2. The monoisotopic (exact) mass is 649 g/mol. The Hall–Kier alpha value is -7.21. The first-order valence-corrected chi connectivity index (χ1v) is 15.1. The van der Waals surface area contributed by atoms with Crippen LogP contribution in [-0.2, 0) is 0 Å². The van der Waals surface area contributed by atoms with Crippen LogP contribution in [0.15, 0.2) is 138 Å². The van der Waals surface area contributed by atoms with E-state index in [0.717, 1.165) is 45.5 Å². The molecular formula is C37H27N7O5. The molecule has 0 aliphatic carbocycles. The van der Waals surface area contributed by atoms with E-state index in [-0.39, 0.29) is 16.8 Å². The van der Waals surface area contributed by atoms with Gasteiger partial charge in [0.2, 0.25) is 0 Å². The number of non-ortho nitro benzene ring substituents is 2. The standard InChI is InChI=1S/C37H27N7O5/c45-37-33-19-13-29(40-25-5-1-23(2-6-25)38-27-9-15-31(16-10-27)43(46)47)21-35(33)42-36-22-30(14-20-34(36)37)41-26-7-3-24(4-8-26)39-28-11-17-32(18-12-28)44(48)49/h1-22,38-41H,(H,42,45). The summed E-state index contributed by atoms with van der Waals surface area (Å²) in [5.74, 6) is 0. The van der Waals surface area contributed by atoms with Crippen molar-refractivity contribution in [1.82, 2.24) is 4.98 Å². The highest BCUT2D eigenvalue weighted by molar-refractivity contribution is 5.95. The maximum Gasteiger partial charge on any atom is 0.269 e. The van der Waals surface area contributed by atoms with Gasteiger partial charge in [-0.1, -0.05) is 0 Å². The van der Waals surface area contributed by atoms with E-state index in [4.69, 9.17) is 0 Å². The summed E-state index contributed by atoms with van der Waals surface area (Å²) in [7, 11) is 0. The predicted molar refractivity (Wildman–Crippen MR) is 194 cm³/mol. The van der Waals surface area contributed by atoms with Crippen LogP contribution in [0.25, 0.3) is 21.8 Å². The molecule has 12 heteroatoms. The van der Waals surface area contributed by atoms with E-state index in [9.17, 15) is 25.0 Å². The molecule has 0 aliphatic rings. The van der Waals surface area contributed by atoms with Gasteiger partial charge in [0.1, 0.15) is 0 Å². The fraction of sp³-hybridized carbons (Fsp3) is 0. The molecule has 7 aromatic rings. The van der Waals surface area contributed by atoms with Crippen LogP contribution in [0, 0.1) is 20.2 Å². The topological polar surface area (TPSA) is 167 Å². The number of aromatic amines is 1. The van der Waals surface area contributed by atoms with Gasteiger partial charge in [-0.2, -0.15) is 0 Å². The molecule has 5 N–H and O–H groups in total. The Kier molecular flexibility index (Phi) is 8.01.